The molecule has 0 bridgehead atoms. The third kappa shape index (κ3) is 8.21. The summed E-state index contributed by atoms with van der Waals surface area (Å²) < 4.78 is 16.9. The van der Waals surface area contributed by atoms with Crippen LogP contribution in [0, 0.1) is 6.92 Å². The summed E-state index contributed by atoms with van der Waals surface area (Å²) in [6, 6.07) is 19.8. The molecule has 0 radical (unpaired) electrons. The number of nitrogens with zero attached hydrogens (tertiary/aromatic N) is 6. The number of aryl methyl sites for hydroxylation is 2. The van der Waals surface area contributed by atoms with Gasteiger partial charge < -0.3 is 18.9 Å². The summed E-state index contributed by atoms with van der Waals surface area (Å²) >= 11 is 6.42. The molecule has 50 heavy (non-hydrogen) atoms. The van der Waals surface area contributed by atoms with Gasteiger partial charge in [-0.25, -0.2) is 4.79 Å². The Morgan fingerprint density at radius 1 is 1.06 bits per heavy atom. The number of rotatable bonds is 14. The molecule has 6 rings (SSSR count). The van der Waals surface area contributed by atoms with Crippen LogP contribution in [-0.4, -0.2) is 53.3 Å². The van der Waals surface area contributed by atoms with Gasteiger partial charge in [-0.1, -0.05) is 73.5 Å². The molecule has 1 atom stereocenters. The first-order chi connectivity index (χ1) is 24.3. The van der Waals surface area contributed by atoms with Crippen LogP contribution in [0.4, 0.5) is 0 Å². The summed E-state index contributed by atoms with van der Waals surface area (Å²) in [6.45, 7) is 3.69. The highest BCUT2D eigenvalue weighted by atomic mass is 35.5. The average Bonchev–Trinajstić information content (AvgIpc) is 3.86. The van der Waals surface area contributed by atoms with E-state index in [9.17, 15) is 14.4 Å². The van der Waals surface area contributed by atoms with Crippen molar-refractivity contribution in [1.82, 2.24) is 40.7 Å². The lowest BCUT2D eigenvalue weighted by Crippen LogP contribution is -2.38. The van der Waals surface area contributed by atoms with Crippen molar-refractivity contribution in [2.24, 2.45) is 0 Å². The van der Waals surface area contributed by atoms with Crippen LogP contribution in [0.5, 0.6) is 0 Å². The van der Waals surface area contributed by atoms with Gasteiger partial charge in [0.25, 0.3) is 5.91 Å². The molecular weight excluding hydrogens is 664 g/mol. The number of ether oxygens (including phenoxy) is 1. The van der Waals surface area contributed by atoms with E-state index in [1.807, 2.05) is 48.5 Å². The highest BCUT2D eigenvalue weighted by Crippen LogP contribution is 2.28. The summed E-state index contributed by atoms with van der Waals surface area (Å²) in [4.78, 5) is 42.6. The lowest BCUT2D eigenvalue weighted by Gasteiger charge is -2.18. The van der Waals surface area contributed by atoms with E-state index in [0.717, 1.165) is 40.1 Å². The number of carbonyl (C=O) groups is 2. The van der Waals surface area contributed by atoms with Crippen LogP contribution >= 0.6 is 11.6 Å². The highest BCUT2D eigenvalue weighted by molar-refractivity contribution is 6.31. The zero-order valence-electron chi connectivity index (χ0n) is 27.3. The number of esters is 1. The van der Waals surface area contributed by atoms with E-state index >= 15 is 0 Å². The first-order valence-corrected chi connectivity index (χ1v) is 16.3. The number of H-pyrrole nitrogens is 1. The Labute approximate surface area is 290 Å². The third-order valence-corrected chi connectivity index (χ3v) is 8.29. The minimum atomic E-state index is -0.879. The fraction of sp³-hybridized carbons (Fsp3) is 0.257. The minimum Gasteiger partial charge on any atom is -0.457 e. The van der Waals surface area contributed by atoms with Crippen molar-refractivity contribution in [2.45, 2.75) is 58.7 Å². The number of hydrogen-bond donors (Lipinski definition) is 2. The molecule has 0 fully saturated rings. The normalized spacial score (nSPS) is 11.7. The van der Waals surface area contributed by atoms with Crippen LogP contribution in [0.2, 0.25) is 5.02 Å². The van der Waals surface area contributed by atoms with Gasteiger partial charge in [0.1, 0.15) is 5.69 Å². The second-order valence-corrected chi connectivity index (χ2v) is 11.9. The van der Waals surface area contributed by atoms with Gasteiger partial charge >= 0.3 is 11.8 Å². The molecule has 1 amide bonds. The molecule has 6 aromatic rings. The number of halogens is 1. The number of amides is 1. The number of tetrazole rings is 1. The van der Waals surface area contributed by atoms with Gasteiger partial charge in [0.05, 0.1) is 18.7 Å². The van der Waals surface area contributed by atoms with Crippen molar-refractivity contribution in [3.63, 3.8) is 0 Å². The molecule has 4 aromatic heterocycles. The molecule has 15 heteroatoms. The van der Waals surface area contributed by atoms with Crippen LogP contribution in [-0.2, 0) is 35.5 Å². The first kappa shape index (κ1) is 34.0. The maximum absolute atomic E-state index is 13.6. The van der Waals surface area contributed by atoms with E-state index in [2.05, 4.69) is 38.0 Å². The lowest BCUT2D eigenvalue weighted by molar-refractivity contribution is -0.146. The lowest BCUT2D eigenvalue weighted by atomic mass is 10.0. The number of benzene rings is 2. The van der Waals surface area contributed by atoms with Crippen molar-refractivity contribution < 1.29 is 23.2 Å². The van der Waals surface area contributed by atoms with Gasteiger partial charge in [-0.15, -0.1) is 10.2 Å². The number of pyridine rings is 1. The van der Waals surface area contributed by atoms with Crippen molar-refractivity contribution in [3.05, 3.63) is 123 Å². The molecule has 0 aliphatic heterocycles. The molecule has 14 nitrogen and oxygen atoms in total. The molecule has 2 N–H and O–H groups in total. The van der Waals surface area contributed by atoms with E-state index in [4.69, 9.17) is 30.2 Å². The predicted molar refractivity (Wildman–Crippen MR) is 181 cm³/mol. The quantitative estimate of drug-likeness (QED) is 0.144. The summed E-state index contributed by atoms with van der Waals surface area (Å²) in [5.41, 5.74) is 5.14. The number of aromatic nitrogens is 7. The molecule has 0 spiro atoms. The van der Waals surface area contributed by atoms with Crippen LogP contribution in [0.15, 0.2) is 86.6 Å². The second-order valence-electron chi connectivity index (χ2n) is 11.5. The molecule has 4 heterocycles. The van der Waals surface area contributed by atoms with Gasteiger partial charge in [-0.2, -0.15) is 10.3 Å². The smallest absolute Gasteiger partial charge is 0.457 e. The summed E-state index contributed by atoms with van der Waals surface area (Å²) in [5, 5.41) is 22.5. The summed E-state index contributed by atoms with van der Waals surface area (Å²) in [7, 11) is 0. The fourth-order valence-corrected chi connectivity index (χ4v) is 5.68. The monoisotopic (exact) mass is 696 g/mol. The Morgan fingerprint density at radius 3 is 2.56 bits per heavy atom. The SMILES string of the molecule is CCCc1cc(C(=O)N[C@@H](CC(=O)OCc2oc(=O)oc2C)Cc2ccccc2Cl)nn1Cc1ccc(-c2ccccc2-c2nn[nH]n2)nc1. The second kappa shape index (κ2) is 15.6. The van der Waals surface area contributed by atoms with Crippen molar-refractivity contribution in [1.29, 1.82) is 0 Å². The van der Waals surface area contributed by atoms with E-state index in [-0.39, 0.29) is 36.7 Å². The van der Waals surface area contributed by atoms with Crippen molar-refractivity contribution in [2.75, 3.05) is 0 Å². The topological polar surface area (TPSA) is 184 Å². The maximum atomic E-state index is 13.6. The van der Waals surface area contributed by atoms with Gasteiger partial charge in [0.2, 0.25) is 5.82 Å². The van der Waals surface area contributed by atoms with Crippen LogP contribution < -0.4 is 11.1 Å². The van der Waals surface area contributed by atoms with Gasteiger partial charge in [-0.05, 0) is 54.3 Å². The highest BCUT2D eigenvalue weighted by Gasteiger charge is 2.23. The molecule has 0 unspecified atom stereocenters. The molecule has 256 valence electrons. The molecular formula is C35H33ClN8O6. The Bertz CT molecular complexity index is 2140. The predicted octanol–water partition coefficient (Wildman–Crippen LogP) is 5.11. The fourth-order valence-electron chi connectivity index (χ4n) is 5.46. The van der Waals surface area contributed by atoms with Crippen molar-refractivity contribution >= 4 is 23.5 Å². The van der Waals surface area contributed by atoms with Crippen LogP contribution in [0.1, 0.15) is 58.6 Å². The maximum Gasteiger partial charge on any atom is 0.519 e. The van der Waals surface area contributed by atoms with Gasteiger partial charge in [0, 0.05) is 34.1 Å². The summed E-state index contributed by atoms with van der Waals surface area (Å²) in [6.07, 6.45) is 3.41. The molecule has 2 aromatic carbocycles. The van der Waals surface area contributed by atoms with Crippen LogP contribution in [0.3, 0.4) is 0 Å². The zero-order valence-corrected chi connectivity index (χ0v) is 28.0. The van der Waals surface area contributed by atoms with E-state index in [1.165, 1.54) is 6.92 Å². The Morgan fingerprint density at radius 2 is 1.86 bits per heavy atom. The molecule has 0 aliphatic rings. The van der Waals surface area contributed by atoms with E-state index < -0.39 is 23.7 Å². The van der Waals surface area contributed by atoms with Crippen molar-refractivity contribution in [3.8, 4) is 22.6 Å². The van der Waals surface area contributed by atoms with Gasteiger partial charge in [0.15, 0.2) is 18.1 Å². The largest absolute Gasteiger partial charge is 0.519 e. The first-order valence-electron chi connectivity index (χ1n) is 15.9. The molecule has 0 saturated heterocycles. The Kier molecular flexibility index (Phi) is 10.6. The molecule has 0 aliphatic carbocycles. The van der Waals surface area contributed by atoms with Crippen LogP contribution in [0.25, 0.3) is 22.6 Å². The summed E-state index contributed by atoms with van der Waals surface area (Å²) in [5.74, 6) is -1.13. The third-order valence-electron chi connectivity index (χ3n) is 7.92. The minimum absolute atomic E-state index is 0.113. The van der Waals surface area contributed by atoms with Gasteiger partial charge in [-0.3, -0.25) is 19.3 Å². The standard InChI is InChI=1S/C35H33ClN8O6/c1-3-8-25-17-30(41-44(25)19-22-13-14-29(37-18-22)26-10-5-6-11-27(26)33-39-42-43-40-33)34(46)38-24(15-23-9-4-7-12-28(23)36)16-32(45)48-20-31-21(2)49-35(47)50-31/h4-7,9-14,17-18,24H,3,8,15-16,19-20H2,1-2H3,(H,38,46)(H,39,40,42,43)/t24-/m1/s1. The van der Waals surface area contributed by atoms with E-state index in [1.54, 1.807) is 29.1 Å². The Hall–Kier alpha value is -5.89. The van der Waals surface area contributed by atoms with E-state index in [0.29, 0.717) is 23.8 Å². The average molecular weight is 697 g/mol. The number of carbonyl (C=O) groups excluding carboxylic acids is 2. The number of aromatic amines is 1. The Balaban J connectivity index is 1.17. The number of hydrogen-bond acceptors (Lipinski definition) is 11. The number of nitrogens with one attached hydrogen (secondary N) is 2. The molecule has 0 saturated carbocycles. The zero-order chi connectivity index (χ0) is 35.0.